The van der Waals surface area contributed by atoms with E-state index in [1.54, 1.807) is 31.4 Å². The average Bonchev–Trinajstić information content (AvgIpc) is 3.02. The van der Waals surface area contributed by atoms with E-state index in [1.807, 2.05) is 7.05 Å². The summed E-state index contributed by atoms with van der Waals surface area (Å²) >= 11 is 1.42. The normalized spacial score (nSPS) is 13.6. The number of methoxy groups -OCH3 is 2. The predicted molar refractivity (Wildman–Crippen MR) is 103 cm³/mol. The van der Waals surface area contributed by atoms with Gasteiger partial charge >= 0.3 is 5.97 Å². The minimum atomic E-state index is -0.427. The van der Waals surface area contributed by atoms with Crippen molar-refractivity contribution < 1.29 is 23.8 Å². The number of anilines is 1. The molecule has 0 unspecified atom stereocenters. The van der Waals surface area contributed by atoms with Crippen molar-refractivity contribution >= 4 is 28.2 Å². The van der Waals surface area contributed by atoms with Crippen LogP contribution in [-0.4, -0.2) is 51.2 Å². The van der Waals surface area contributed by atoms with Gasteiger partial charge in [-0.2, -0.15) is 0 Å². The highest BCUT2D eigenvalue weighted by atomic mass is 32.1. The van der Waals surface area contributed by atoms with Gasteiger partial charge in [0.15, 0.2) is 6.61 Å². The second-order valence-electron chi connectivity index (χ2n) is 6.20. The summed E-state index contributed by atoms with van der Waals surface area (Å²) in [4.78, 5) is 27.8. The first-order valence-corrected chi connectivity index (χ1v) is 9.31. The third kappa shape index (κ3) is 4.40. The Kier molecular flexibility index (Phi) is 5.98. The maximum atomic E-state index is 12.3. The SMILES string of the molecule is COC(=O)c1c(NC(=O)COc2ccc(OC)cc2)sc2c1CCN(C)C2. The van der Waals surface area contributed by atoms with E-state index < -0.39 is 5.97 Å². The number of amides is 1. The number of ether oxygens (including phenoxy) is 3. The standard InChI is InChI=1S/C19H22N2O5S/c1-21-9-8-14-15(10-21)27-18(17(14)19(23)25-3)20-16(22)11-26-13-6-4-12(24-2)5-7-13/h4-7H,8-11H2,1-3H3,(H,20,22). The van der Waals surface area contributed by atoms with E-state index in [-0.39, 0.29) is 12.5 Å². The van der Waals surface area contributed by atoms with Crippen molar-refractivity contribution in [1.29, 1.82) is 0 Å². The van der Waals surface area contributed by atoms with Crippen LogP contribution in [0.4, 0.5) is 5.00 Å². The summed E-state index contributed by atoms with van der Waals surface area (Å²) in [6, 6.07) is 6.97. The maximum absolute atomic E-state index is 12.3. The van der Waals surface area contributed by atoms with Gasteiger partial charge in [-0.1, -0.05) is 0 Å². The van der Waals surface area contributed by atoms with Crippen molar-refractivity contribution in [3.8, 4) is 11.5 Å². The van der Waals surface area contributed by atoms with Gasteiger partial charge in [0.2, 0.25) is 0 Å². The van der Waals surface area contributed by atoms with E-state index >= 15 is 0 Å². The summed E-state index contributed by atoms with van der Waals surface area (Å²) in [6.45, 7) is 1.46. The lowest BCUT2D eigenvalue weighted by atomic mass is 10.0. The maximum Gasteiger partial charge on any atom is 0.341 e. The molecule has 0 atom stereocenters. The molecule has 1 amide bonds. The zero-order valence-electron chi connectivity index (χ0n) is 15.5. The molecule has 3 rings (SSSR count). The lowest BCUT2D eigenvalue weighted by molar-refractivity contribution is -0.118. The number of hydrogen-bond acceptors (Lipinski definition) is 7. The smallest absolute Gasteiger partial charge is 0.341 e. The molecule has 1 aromatic carbocycles. The predicted octanol–water partition coefficient (Wildman–Crippen LogP) is 2.55. The average molecular weight is 390 g/mol. The van der Waals surface area contributed by atoms with Crippen LogP contribution in [0.2, 0.25) is 0 Å². The molecule has 8 heteroatoms. The summed E-state index contributed by atoms with van der Waals surface area (Å²) in [6.07, 6.45) is 0.755. The Morgan fingerprint density at radius 3 is 2.56 bits per heavy atom. The first kappa shape index (κ1) is 19.2. The van der Waals surface area contributed by atoms with Crippen LogP contribution in [0.15, 0.2) is 24.3 Å². The number of carbonyl (C=O) groups excluding carboxylic acids is 2. The van der Waals surface area contributed by atoms with Crippen LogP contribution >= 0.6 is 11.3 Å². The lowest BCUT2D eigenvalue weighted by Gasteiger charge is -2.22. The molecule has 0 saturated heterocycles. The minimum absolute atomic E-state index is 0.157. The fraction of sp³-hybridized carbons (Fsp3) is 0.368. The van der Waals surface area contributed by atoms with E-state index in [1.165, 1.54) is 18.4 Å². The molecule has 1 aromatic heterocycles. The Bertz CT molecular complexity index is 831. The molecule has 1 aliphatic heterocycles. The van der Waals surface area contributed by atoms with Crippen LogP contribution in [0.3, 0.4) is 0 Å². The molecule has 0 bridgehead atoms. The van der Waals surface area contributed by atoms with Gasteiger partial charge in [-0.25, -0.2) is 4.79 Å². The van der Waals surface area contributed by atoms with E-state index in [0.29, 0.717) is 22.1 Å². The fourth-order valence-electron chi connectivity index (χ4n) is 2.92. The number of benzene rings is 1. The monoisotopic (exact) mass is 390 g/mol. The van der Waals surface area contributed by atoms with Gasteiger partial charge in [-0.05, 0) is 43.3 Å². The topological polar surface area (TPSA) is 77.1 Å². The van der Waals surface area contributed by atoms with Crippen molar-refractivity contribution in [3.05, 3.63) is 40.3 Å². The Morgan fingerprint density at radius 2 is 1.89 bits per heavy atom. The van der Waals surface area contributed by atoms with E-state index in [0.717, 1.165) is 30.0 Å². The molecule has 1 aliphatic rings. The van der Waals surface area contributed by atoms with Crippen LogP contribution in [0.5, 0.6) is 11.5 Å². The number of nitrogens with one attached hydrogen (secondary N) is 1. The third-order valence-corrected chi connectivity index (χ3v) is 5.45. The van der Waals surface area contributed by atoms with Crippen LogP contribution in [-0.2, 0) is 22.5 Å². The van der Waals surface area contributed by atoms with Crippen molar-refractivity contribution in [1.82, 2.24) is 4.90 Å². The highest BCUT2D eigenvalue weighted by Gasteiger charge is 2.28. The molecule has 7 nitrogen and oxygen atoms in total. The number of carbonyl (C=O) groups is 2. The van der Waals surface area contributed by atoms with Gasteiger partial charge in [-0.3, -0.25) is 4.79 Å². The molecule has 0 spiro atoms. The molecule has 0 saturated carbocycles. The highest BCUT2D eigenvalue weighted by molar-refractivity contribution is 7.17. The number of thiophene rings is 1. The molecule has 0 radical (unpaired) electrons. The Labute approximate surface area is 161 Å². The Hall–Kier alpha value is -2.58. The quantitative estimate of drug-likeness (QED) is 0.764. The van der Waals surface area contributed by atoms with E-state index in [4.69, 9.17) is 14.2 Å². The largest absolute Gasteiger partial charge is 0.497 e. The molecule has 0 fully saturated rings. The van der Waals surface area contributed by atoms with Gasteiger partial charge in [0.05, 0.1) is 19.8 Å². The van der Waals surface area contributed by atoms with Gasteiger partial charge in [0.25, 0.3) is 5.91 Å². The van der Waals surface area contributed by atoms with Gasteiger partial charge < -0.3 is 24.4 Å². The van der Waals surface area contributed by atoms with Gasteiger partial charge in [0, 0.05) is 18.0 Å². The number of esters is 1. The Morgan fingerprint density at radius 1 is 1.19 bits per heavy atom. The number of nitrogens with zero attached hydrogens (tertiary/aromatic N) is 1. The zero-order chi connectivity index (χ0) is 19.4. The highest BCUT2D eigenvalue weighted by Crippen LogP contribution is 2.37. The summed E-state index contributed by atoms with van der Waals surface area (Å²) in [5.41, 5.74) is 1.43. The van der Waals surface area contributed by atoms with Crippen LogP contribution in [0, 0.1) is 0 Å². The molecule has 0 aliphatic carbocycles. The number of hydrogen-bond donors (Lipinski definition) is 1. The van der Waals surface area contributed by atoms with E-state index in [9.17, 15) is 9.59 Å². The molecule has 2 heterocycles. The summed E-state index contributed by atoms with van der Waals surface area (Å²) < 4.78 is 15.5. The molecule has 27 heavy (non-hydrogen) atoms. The first-order chi connectivity index (χ1) is 13.0. The molecule has 2 aromatic rings. The molecular weight excluding hydrogens is 368 g/mol. The van der Waals surface area contributed by atoms with Crippen molar-refractivity contribution in [3.63, 3.8) is 0 Å². The number of fused-ring (bicyclic) bond motifs is 1. The van der Waals surface area contributed by atoms with Crippen LogP contribution < -0.4 is 14.8 Å². The summed E-state index contributed by atoms with van der Waals surface area (Å²) in [5, 5.41) is 3.32. The molecular formula is C19H22N2O5S. The van der Waals surface area contributed by atoms with Gasteiger partial charge in [-0.15, -0.1) is 11.3 Å². The van der Waals surface area contributed by atoms with Crippen LogP contribution in [0.1, 0.15) is 20.8 Å². The summed E-state index contributed by atoms with van der Waals surface area (Å²) in [7, 11) is 4.96. The fourth-order valence-corrected chi connectivity index (χ4v) is 4.25. The number of rotatable bonds is 6. The number of likely N-dealkylation sites (N-methyl/N-ethyl adjacent to an activating group) is 1. The first-order valence-electron chi connectivity index (χ1n) is 8.50. The second-order valence-corrected chi connectivity index (χ2v) is 7.30. The van der Waals surface area contributed by atoms with Crippen molar-refractivity contribution in [2.75, 3.05) is 39.7 Å². The lowest BCUT2D eigenvalue weighted by Crippen LogP contribution is -2.26. The zero-order valence-corrected chi connectivity index (χ0v) is 16.4. The molecule has 144 valence electrons. The third-order valence-electron chi connectivity index (χ3n) is 4.32. The van der Waals surface area contributed by atoms with Crippen LogP contribution in [0.25, 0.3) is 0 Å². The van der Waals surface area contributed by atoms with Crippen molar-refractivity contribution in [2.45, 2.75) is 13.0 Å². The van der Waals surface area contributed by atoms with E-state index in [2.05, 4.69) is 10.2 Å². The molecule has 1 N–H and O–H groups in total. The minimum Gasteiger partial charge on any atom is -0.497 e. The second kappa shape index (κ2) is 8.41. The summed E-state index contributed by atoms with van der Waals surface area (Å²) in [5.74, 6) is 0.515. The Balaban J connectivity index is 1.70. The van der Waals surface area contributed by atoms with Crippen molar-refractivity contribution in [2.24, 2.45) is 0 Å². The van der Waals surface area contributed by atoms with Gasteiger partial charge in [0.1, 0.15) is 16.5 Å².